The molecule has 0 bridgehead atoms. The number of hydrogen-bond donors (Lipinski definition) is 3. The Hall–Kier alpha value is -2.82. The molecule has 5 unspecified atom stereocenters. The number of carbonyl (C=O) groups is 3. The van der Waals surface area contributed by atoms with Crippen molar-refractivity contribution in [3.05, 3.63) is 29.8 Å². The smallest absolute Gasteiger partial charge is 0.416 e. The summed E-state index contributed by atoms with van der Waals surface area (Å²) in [6.45, 7) is 9.44. The number of amides is 2. The number of carboxylic acid groups (broad SMARTS) is 1. The highest BCUT2D eigenvalue weighted by Crippen LogP contribution is 2.46. The molecule has 5 atom stereocenters. The summed E-state index contributed by atoms with van der Waals surface area (Å²) < 4.78 is 45.4. The van der Waals surface area contributed by atoms with E-state index in [-0.39, 0.29) is 24.6 Å². The molecule has 1 aliphatic carbocycles. The first-order chi connectivity index (χ1) is 17.1. The molecule has 1 saturated heterocycles. The Balaban J connectivity index is 1.88. The Kier molecular flexibility index (Phi) is 8.16. The molecule has 2 aliphatic rings. The summed E-state index contributed by atoms with van der Waals surface area (Å²) >= 11 is 0. The molecule has 11 heteroatoms. The molecule has 2 fully saturated rings. The van der Waals surface area contributed by atoms with Crippen LogP contribution >= 0.6 is 0 Å². The van der Waals surface area contributed by atoms with Gasteiger partial charge in [-0.05, 0) is 42.9 Å². The second-order valence-electron chi connectivity index (χ2n) is 10.9. The minimum absolute atomic E-state index is 0.110. The van der Waals surface area contributed by atoms with Crippen LogP contribution in [0.15, 0.2) is 24.3 Å². The lowest BCUT2D eigenvalue weighted by molar-refractivity contribution is -0.146. The van der Waals surface area contributed by atoms with Gasteiger partial charge in [-0.3, -0.25) is 9.59 Å². The van der Waals surface area contributed by atoms with E-state index in [9.17, 15) is 32.7 Å². The fourth-order valence-corrected chi connectivity index (χ4v) is 5.01. The molecule has 2 amide bonds. The molecule has 0 aromatic heterocycles. The van der Waals surface area contributed by atoms with Gasteiger partial charge in [-0.1, -0.05) is 40.2 Å². The lowest BCUT2D eigenvalue weighted by Crippen LogP contribution is -2.56. The van der Waals surface area contributed by atoms with E-state index in [1.165, 1.54) is 17.0 Å². The predicted molar refractivity (Wildman–Crippen MR) is 131 cm³/mol. The summed E-state index contributed by atoms with van der Waals surface area (Å²) in [6, 6.07) is 2.67. The zero-order valence-corrected chi connectivity index (χ0v) is 21.8. The van der Waals surface area contributed by atoms with Gasteiger partial charge in [0.15, 0.2) is 0 Å². The Morgan fingerprint density at radius 2 is 1.89 bits per heavy atom. The van der Waals surface area contributed by atoms with Crippen LogP contribution in [-0.2, 0) is 25.3 Å². The summed E-state index contributed by atoms with van der Waals surface area (Å²) in [7, 11) is 0. The summed E-state index contributed by atoms with van der Waals surface area (Å²) in [4.78, 5) is 40.5. The SMILES string of the molecule is CCOC1CC(C(=O)NC2(C(=O)O)CC2CC)N(C(=O)C(Nc2cccc(C(F)(F)F)c2)C(C)(C)C)C1. The number of nitrogens with zero attached hydrogens (tertiary/aromatic N) is 1. The zero-order chi connectivity index (χ0) is 27.8. The third kappa shape index (κ3) is 6.19. The Morgan fingerprint density at radius 3 is 2.41 bits per heavy atom. The van der Waals surface area contributed by atoms with Crippen molar-refractivity contribution in [1.82, 2.24) is 10.2 Å². The largest absolute Gasteiger partial charge is 0.479 e. The maximum absolute atomic E-state index is 13.9. The lowest BCUT2D eigenvalue weighted by Gasteiger charge is -2.36. The third-order valence-corrected chi connectivity index (χ3v) is 7.19. The van der Waals surface area contributed by atoms with E-state index in [1.807, 2.05) is 6.92 Å². The number of halogens is 3. The average molecular weight is 528 g/mol. The fourth-order valence-electron chi connectivity index (χ4n) is 5.01. The molecule has 8 nitrogen and oxygen atoms in total. The molecule has 3 rings (SSSR count). The van der Waals surface area contributed by atoms with Gasteiger partial charge in [0.1, 0.15) is 17.6 Å². The number of alkyl halides is 3. The van der Waals surface area contributed by atoms with Crippen molar-refractivity contribution in [3.63, 3.8) is 0 Å². The van der Waals surface area contributed by atoms with Gasteiger partial charge >= 0.3 is 12.1 Å². The number of anilines is 1. The molecule has 3 N–H and O–H groups in total. The standard InChI is InChI=1S/C26H36F3N3O5/c1-6-15-13-25(15,23(35)36)31-21(33)19-12-18(37-7-2)14-32(19)22(34)20(24(3,4)5)30-17-10-8-9-16(11-17)26(27,28)29/h8-11,15,18-20,30H,6-7,12-14H2,1-5H3,(H,31,33)(H,35,36). The molecule has 1 aliphatic heterocycles. The lowest BCUT2D eigenvalue weighted by atomic mass is 9.85. The number of rotatable bonds is 9. The van der Waals surface area contributed by atoms with Crippen molar-refractivity contribution in [2.75, 3.05) is 18.5 Å². The van der Waals surface area contributed by atoms with Crippen molar-refractivity contribution in [3.8, 4) is 0 Å². The maximum atomic E-state index is 13.9. The molecule has 1 saturated carbocycles. The second-order valence-corrected chi connectivity index (χ2v) is 10.9. The minimum atomic E-state index is -4.54. The third-order valence-electron chi connectivity index (χ3n) is 7.19. The van der Waals surface area contributed by atoms with E-state index < -0.39 is 58.7 Å². The van der Waals surface area contributed by atoms with Crippen LogP contribution in [0, 0.1) is 11.3 Å². The second kappa shape index (κ2) is 10.5. The molecule has 0 spiro atoms. The van der Waals surface area contributed by atoms with Crippen molar-refractivity contribution in [2.45, 2.75) is 83.8 Å². The first kappa shape index (κ1) is 28.7. The van der Waals surface area contributed by atoms with E-state index in [0.29, 0.717) is 19.4 Å². The summed E-state index contributed by atoms with van der Waals surface area (Å²) in [6.07, 6.45) is -3.86. The van der Waals surface area contributed by atoms with Gasteiger partial charge in [0.05, 0.1) is 11.7 Å². The number of nitrogens with one attached hydrogen (secondary N) is 2. The number of hydrogen-bond acceptors (Lipinski definition) is 5. The molecular formula is C26H36F3N3O5. The molecule has 0 radical (unpaired) electrons. The number of ether oxygens (including phenoxy) is 1. The van der Waals surface area contributed by atoms with Crippen LogP contribution in [0.4, 0.5) is 18.9 Å². The highest BCUT2D eigenvalue weighted by molar-refractivity contribution is 5.96. The highest BCUT2D eigenvalue weighted by Gasteiger charge is 2.61. The van der Waals surface area contributed by atoms with Crippen LogP contribution < -0.4 is 10.6 Å². The fraction of sp³-hybridized carbons (Fsp3) is 0.654. The van der Waals surface area contributed by atoms with Crippen LogP contribution in [0.5, 0.6) is 0 Å². The average Bonchev–Trinajstić information content (AvgIpc) is 3.36. The van der Waals surface area contributed by atoms with Gasteiger partial charge in [0.25, 0.3) is 0 Å². The molecule has 1 heterocycles. The van der Waals surface area contributed by atoms with Crippen LogP contribution in [0.25, 0.3) is 0 Å². The van der Waals surface area contributed by atoms with Crippen molar-refractivity contribution in [2.24, 2.45) is 11.3 Å². The number of carboxylic acids is 1. The predicted octanol–water partition coefficient (Wildman–Crippen LogP) is 3.91. The quantitative estimate of drug-likeness (QED) is 0.450. The van der Waals surface area contributed by atoms with E-state index in [4.69, 9.17) is 4.74 Å². The van der Waals surface area contributed by atoms with Crippen molar-refractivity contribution < 1.29 is 37.4 Å². The van der Waals surface area contributed by atoms with Gasteiger partial charge < -0.3 is 25.4 Å². The van der Waals surface area contributed by atoms with Crippen molar-refractivity contribution in [1.29, 1.82) is 0 Å². The molecule has 206 valence electrons. The van der Waals surface area contributed by atoms with Crippen LogP contribution in [0.1, 0.15) is 59.4 Å². The normalized spacial score (nSPS) is 26.5. The van der Waals surface area contributed by atoms with Crippen LogP contribution in [-0.4, -0.2) is 64.7 Å². The first-order valence-electron chi connectivity index (χ1n) is 12.5. The van der Waals surface area contributed by atoms with Gasteiger partial charge in [-0.25, -0.2) is 4.79 Å². The van der Waals surface area contributed by atoms with E-state index in [0.717, 1.165) is 12.1 Å². The summed E-state index contributed by atoms with van der Waals surface area (Å²) in [5.74, 6) is -2.34. The first-order valence-corrected chi connectivity index (χ1v) is 12.5. The van der Waals surface area contributed by atoms with Gasteiger partial charge in [-0.2, -0.15) is 13.2 Å². The van der Waals surface area contributed by atoms with E-state index >= 15 is 0 Å². The van der Waals surface area contributed by atoms with Crippen molar-refractivity contribution >= 4 is 23.5 Å². The zero-order valence-electron chi connectivity index (χ0n) is 21.8. The topological polar surface area (TPSA) is 108 Å². The van der Waals surface area contributed by atoms with Gasteiger partial charge in [-0.15, -0.1) is 0 Å². The molecule has 1 aromatic carbocycles. The Bertz CT molecular complexity index is 1030. The minimum Gasteiger partial charge on any atom is -0.479 e. The molecule has 1 aromatic rings. The Morgan fingerprint density at radius 1 is 1.22 bits per heavy atom. The molecular weight excluding hydrogens is 491 g/mol. The number of aliphatic carboxylic acids is 1. The summed E-state index contributed by atoms with van der Waals surface area (Å²) in [5.41, 5.74) is -2.80. The van der Waals surface area contributed by atoms with E-state index in [1.54, 1.807) is 27.7 Å². The maximum Gasteiger partial charge on any atom is 0.416 e. The number of carbonyl (C=O) groups excluding carboxylic acids is 2. The Labute approximate surface area is 214 Å². The van der Waals surface area contributed by atoms with Crippen LogP contribution in [0.2, 0.25) is 0 Å². The van der Waals surface area contributed by atoms with Gasteiger partial charge in [0, 0.05) is 25.3 Å². The van der Waals surface area contributed by atoms with E-state index in [2.05, 4.69) is 10.6 Å². The van der Waals surface area contributed by atoms with Gasteiger partial charge in [0.2, 0.25) is 11.8 Å². The number of benzene rings is 1. The highest BCUT2D eigenvalue weighted by atomic mass is 19.4. The molecule has 37 heavy (non-hydrogen) atoms. The van der Waals surface area contributed by atoms with Crippen LogP contribution in [0.3, 0.4) is 0 Å². The number of likely N-dealkylation sites (tertiary alicyclic amines) is 1. The summed E-state index contributed by atoms with van der Waals surface area (Å²) in [5, 5.41) is 15.4. The monoisotopic (exact) mass is 527 g/mol.